The number of hydrogen-bond donors (Lipinski definition) is 1. The zero-order valence-electron chi connectivity index (χ0n) is 12.1. The van der Waals surface area contributed by atoms with Gasteiger partial charge < -0.3 is 14.6 Å². The average Bonchev–Trinajstić information content (AvgIpc) is 2.99. The minimum atomic E-state index is -0.250. The maximum atomic E-state index is 12.8. The Morgan fingerprint density at radius 3 is 2.77 bits per heavy atom. The largest absolute Gasteiger partial charge is 0.367 e. The van der Waals surface area contributed by atoms with Crippen molar-refractivity contribution in [3.8, 4) is 0 Å². The SMILES string of the molecule is Cl.Fc1ccc(COCc2nc(C3CCCCN3)no2)cc1. The lowest BCUT2D eigenvalue weighted by molar-refractivity contribution is 0.0850. The van der Waals surface area contributed by atoms with E-state index in [1.165, 1.54) is 25.0 Å². The molecular weight excluding hydrogens is 309 g/mol. The van der Waals surface area contributed by atoms with Crippen molar-refractivity contribution in [3.05, 3.63) is 47.4 Å². The average molecular weight is 328 g/mol. The summed E-state index contributed by atoms with van der Waals surface area (Å²) in [5.74, 6) is 0.926. The van der Waals surface area contributed by atoms with Crippen molar-refractivity contribution in [2.75, 3.05) is 6.54 Å². The highest BCUT2D eigenvalue weighted by Gasteiger charge is 2.20. The van der Waals surface area contributed by atoms with Gasteiger partial charge in [0.05, 0.1) is 12.6 Å². The summed E-state index contributed by atoms with van der Waals surface area (Å²) in [6.07, 6.45) is 3.42. The number of aromatic nitrogens is 2. The first-order chi connectivity index (χ1) is 10.3. The molecule has 1 N–H and O–H groups in total. The summed E-state index contributed by atoms with van der Waals surface area (Å²) in [7, 11) is 0. The molecule has 1 fully saturated rings. The standard InChI is InChI=1S/C15H18FN3O2.ClH/c16-12-6-4-11(5-7-12)9-20-10-14-18-15(19-21-14)13-3-1-2-8-17-13;/h4-7,13,17H,1-3,8-10H2;1H. The van der Waals surface area contributed by atoms with Crippen LogP contribution in [0.3, 0.4) is 0 Å². The van der Waals surface area contributed by atoms with Gasteiger partial charge in [0.15, 0.2) is 5.82 Å². The van der Waals surface area contributed by atoms with Crippen LogP contribution in [0.4, 0.5) is 4.39 Å². The first kappa shape index (κ1) is 16.9. The minimum absolute atomic E-state index is 0. The molecule has 1 aliphatic rings. The van der Waals surface area contributed by atoms with E-state index in [-0.39, 0.29) is 30.9 Å². The third-order valence-electron chi connectivity index (χ3n) is 3.51. The quantitative estimate of drug-likeness (QED) is 0.914. The van der Waals surface area contributed by atoms with E-state index in [2.05, 4.69) is 15.5 Å². The van der Waals surface area contributed by atoms with E-state index in [4.69, 9.17) is 9.26 Å². The lowest BCUT2D eigenvalue weighted by atomic mass is 10.0. The minimum Gasteiger partial charge on any atom is -0.367 e. The summed E-state index contributed by atoms with van der Waals surface area (Å²) < 4.78 is 23.5. The lowest BCUT2D eigenvalue weighted by Crippen LogP contribution is -2.27. The number of halogens is 2. The molecule has 7 heteroatoms. The number of hydrogen-bond acceptors (Lipinski definition) is 5. The lowest BCUT2D eigenvalue weighted by Gasteiger charge is -2.19. The molecule has 2 aromatic rings. The number of rotatable bonds is 5. The fourth-order valence-electron chi connectivity index (χ4n) is 2.38. The summed E-state index contributed by atoms with van der Waals surface area (Å²) in [6, 6.07) is 6.41. The number of benzene rings is 1. The van der Waals surface area contributed by atoms with E-state index in [9.17, 15) is 4.39 Å². The van der Waals surface area contributed by atoms with Gasteiger partial charge in [-0.3, -0.25) is 0 Å². The molecule has 2 heterocycles. The molecule has 0 bridgehead atoms. The fourth-order valence-corrected chi connectivity index (χ4v) is 2.38. The van der Waals surface area contributed by atoms with Crippen molar-refractivity contribution < 1.29 is 13.7 Å². The van der Waals surface area contributed by atoms with Gasteiger partial charge in [-0.2, -0.15) is 4.98 Å². The van der Waals surface area contributed by atoms with Gasteiger partial charge in [0.1, 0.15) is 12.4 Å². The van der Waals surface area contributed by atoms with Gasteiger partial charge in [0, 0.05) is 0 Å². The number of nitrogens with zero attached hydrogens (tertiary/aromatic N) is 2. The van der Waals surface area contributed by atoms with Crippen LogP contribution in [0.15, 0.2) is 28.8 Å². The second-order valence-corrected chi connectivity index (χ2v) is 5.17. The second kappa shape index (κ2) is 8.22. The van der Waals surface area contributed by atoms with Crippen molar-refractivity contribution in [1.29, 1.82) is 0 Å². The molecule has 0 aliphatic carbocycles. The summed E-state index contributed by atoms with van der Waals surface area (Å²) in [5.41, 5.74) is 0.907. The topological polar surface area (TPSA) is 60.2 Å². The Balaban J connectivity index is 0.00000176. The van der Waals surface area contributed by atoms with Crippen LogP contribution in [0.2, 0.25) is 0 Å². The normalized spacial score (nSPS) is 18.0. The van der Waals surface area contributed by atoms with Gasteiger partial charge in [-0.1, -0.05) is 23.7 Å². The van der Waals surface area contributed by atoms with Gasteiger partial charge in [-0.25, -0.2) is 4.39 Å². The Morgan fingerprint density at radius 2 is 2.05 bits per heavy atom. The summed E-state index contributed by atoms with van der Waals surface area (Å²) in [4.78, 5) is 4.35. The third kappa shape index (κ3) is 4.50. The third-order valence-corrected chi connectivity index (χ3v) is 3.51. The Morgan fingerprint density at radius 1 is 1.23 bits per heavy atom. The van der Waals surface area contributed by atoms with Gasteiger partial charge in [-0.15, -0.1) is 12.4 Å². The van der Waals surface area contributed by atoms with Crippen LogP contribution in [-0.2, 0) is 18.0 Å². The van der Waals surface area contributed by atoms with Crippen molar-refractivity contribution in [2.24, 2.45) is 0 Å². The maximum absolute atomic E-state index is 12.8. The van der Waals surface area contributed by atoms with Gasteiger partial charge >= 0.3 is 0 Å². The van der Waals surface area contributed by atoms with Crippen LogP contribution in [0.5, 0.6) is 0 Å². The molecular formula is C15H19ClFN3O2. The van der Waals surface area contributed by atoms with E-state index in [1.807, 2.05) is 0 Å². The molecule has 0 saturated carbocycles. The van der Waals surface area contributed by atoms with E-state index in [1.54, 1.807) is 12.1 Å². The van der Waals surface area contributed by atoms with Crippen LogP contribution < -0.4 is 5.32 Å². The Kier molecular flexibility index (Phi) is 6.30. The van der Waals surface area contributed by atoms with E-state index >= 15 is 0 Å². The van der Waals surface area contributed by atoms with Crippen LogP contribution in [0, 0.1) is 5.82 Å². The molecule has 3 rings (SSSR count). The van der Waals surface area contributed by atoms with Crippen LogP contribution in [0.25, 0.3) is 0 Å². The van der Waals surface area contributed by atoms with Gasteiger partial charge in [0.2, 0.25) is 0 Å². The Labute approximate surface area is 134 Å². The monoisotopic (exact) mass is 327 g/mol. The summed E-state index contributed by atoms with van der Waals surface area (Å²) >= 11 is 0. The number of ether oxygens (including phenoxy) is 1. The predicted octanol–water partition coefficient (Wildman–Crippen LogP) is 3.16. The zero-order chi connectivity index (χ0) is 14.5. The summed E-state index contributed by atoms with van der Waals surface area (Å²) in [6.45, 7) is 1.65. The molecule has 0 spiro atoms. The molecule has 22 heavy (non-hydrogen) atoms. The first-order valence-corrected chi connectivity index (χ1v) is 7.19. The molecule has 1 aromatic heterocycles. The highest BCUT2D eigenvalue weighted by molar-refractivity contribution is 5.85. The Hall–Kier alpha value is -1.50. The second-order valence-electron chi connectivity index (χ2n) is 5.17. The molecule has 0 amide bonds. The van der Waals surface area contributed by atoms with Crippen LogP contribution >= 0.6 is 12.4 Å². The zero-order valence-corrected chi connectivity index (χ0v) is 12.9. The van der Waals surface area contributed by atoms with Gasteiger partial charge in [-0.05, 0) is 37.1 Å². The molecule has 1 aliphatic heterocycles. The molecule has 5 nitrogen and oxygen atoms in total. The predicted molar refractivity (Wildman–Crippen MR) is 81.0 cm³/mol. The maximum Gasteiger partial charge on any atom is 0.252 e. The van der Waals surface area contributed by atoms with Crippen molar-refractivity contribution >= 4 is 12.4 Å². The molecule has 0 radical (unpaired) electrons. The molecule has 1 atom stereocenters. The van der Waals surface area contributed by atoms with Crippen LogP contribution in [-0.4, -0.2) is 16.7 Å². The fraction of sp³-hybridized carbons (Fsp3) is 0.467. The van der Waals surface area contributed by atoms with Crippen molar-refractivity contribution in [2.45, 2.75) is 38.5 Å². The highest BCUT2D eigenvalue weighted by atomic mass is 35.5. The van der Waals surface area contributed by atoms with Gasteiger partial charge in [0.25, 0.3) is 5.89 Å². The Bertz CT molecular complexity index is 570. The molecule has 1 unspecified atom stereocenters. The van der Waals surface area contributed by atoms with Crippen molar-refractivity contribution in [1.82, 2.24) is 15.5 Å². The first-order valence-electron chi connectivity index (χ1n) is 7.19. The smallest absolute Gasteiger partial charge is 0.252 e. The van der Waals surface area contributed by atoms with E-state index in [0.717, 1.165) is 18.5 Å². The molecule has 1 aromatic carbocycles. The number of nitrogens with one attached hydrogen (secondary N) is 1. The number of piperidine rings is 1. The van der Waals surface area contributed by atoms with Crippen molar-refractivity contribution in [3.63, 3.8) is 0 Å². The van der Waals surface area contributed by atoms with Crippen LogP contribution in [0.1, 0.15) is 42.6 Å². The molecule has 120 valence electrons. The van der Waals surface area contributed by atoms with E-state index < -0.39 is 0 Å². The van der Waals surface area contributed by atoms with E-state index in [0.29, 0.717) is 18.3 Å². The summed E-state index contributed by atoms with van der Waals surface area (Å²) in [5, 5.41) is 7.37. The molecule has 1 saturated heterocycles. The highest BCUT2D eigenvalue weighted by Crippen LogP contribution is 2.20.